The number of nitrogens with two attached hydrogens (primary N) is 1. The van der Waals surface area contributed by atoms with Gasteiger partial charge in [0.2, 0.25) is 0 Å². The van der Waals surface area contributed by atoms with Crippen molar-refractivity contribution >= 4 is 21.9 Å². The first-order valence-corrected chi connectivity index (χ1v) is 5.84. The summed E-state index contributed by atoms with van der Waals surface area (Å²) in [7, 11) is 1.62. The Hall–Kier alpha value is -0.980. The Balaban J connectivity index is 3.00. The van der Waals surface area contributed by atoms with Crippen LogP contribution in [0.5, 0.6) is 0 Å². The second-order valence-corrected chi connectivity index (χ2v) is 4.61. The van der Waals surface area contributed by atoms with Crippen molar-refractivity contribution in [2.75, 3.05) is 7.05 Å². The summed E-state index contributed by atoms with van der Waals surface area (Å²) < 4.78 is 14.4. The highest BCUT2D eigenvalue weighted by Gasteiger charge is 2.23. The quantitative estimate of drug-likeness (QED) is 0.773. The standard InChI is InChI=1S/C11H14BrFN2O2/c1-15-11(9(14)5-10(16)17)7-4-6(12)2-3-8(7)13/h2-4,9,11,15H,5,14H2,1H3,(H,16,17). The molecule has 4 nitrogen and oxygen atoms in total. The molecule has 1 aromatic rings. The van der Waals surface area contributed by atoms with Crippen LogP contribution >= 0.6 is 15.9 Å². The van der Waals surface area contributed by atoms with E-state index in [4.69, 9.17) is 10.8 Å². The molecule has 0 fully saturated rings. The molecule has 6 heteroatoms. The van der Waals surface area contributed by atoms with Crippen LogP contribution in [0.2, 0.25) is 0 Å². The fourth-order valence-electron chi connectivity index (χ4n) is 1.67. The minimum absolute atomic E-state index is 0.225. The van der Waals surface area contributed by atoms with Crippen molar-refractivity contribution in [2.24, 2.45) is 5.73 Å². The number of rotatable bonds is 5. The van der Waals surface area contributed by atoms with Crippen LogP contribution in [-0.2, 0) is 4.79 Å². The zero-order valence-corrected chi connectivity index (χ0v) is 10.9. The fourth-order valence-corrected chi connectivity index (χ4v) is 2.05. The lowest BCUT2D eigenvalue weighted by atomic mass is 9.97. The summed E-state index contributed by atoms with van der Waals surface area (Å²) in [6.45, 7) is 0. The summed E-state index contributed by atoms with van der Waals surface area (Å²) in [5, 5.41) is 11.5. The SMILES string of the molecule is CNC(c1cc(Br)ccc1F)C(N)CC(=O)O. The van der Waals surface area contributed by atoms with Gasteiger partial charge in [0.15, 0.2) is 0 Å². The highest BCUT2D eigenvalue weighted by molar-refractivity contribution is 9.10. The van der Waals surface area contributed by atoms with E-state index in [9.17, 15) is 9.18 Å². The first kappa shape index (κ1) is 14.1. The van der Waals surface area contributed by atoms with E-state index in [0.29, 0.717) is 5.56 Å². The van der Waals surface area contributed by atoms with E-state index < -0.39 is 23.9 Å². The van der Waals surface area contributed by atoms with Crippen molar-refractivity contribution < 1.29 is 14.3 Å². The van der Waals surface area contributed by atoms with Crippen LogP contribution < -0.4 is 11.1 Å². The summed E-state index contributed by atoms with van der Waals surface area (Å²) >= 11 is 3.24. The van der Waals surface area contributed by atoms with Gasteiger partial charge >= 0.3 is 5.97 Å². The van der Waals surface area contributed by atoms with Gasteiger partial charge in [-0.15, -0.1) is 0 Å². The van der Waals surface area contributed by atoms with Gasteiger partial charge in [-0.1, -0.05) is 15.9 Å². The molecule has 0 amide bonds. The predicted octanol–water partition coefficient (Wildman–Crippen LogP) is 1.65. The summed E-state index contributed by atoms with van der Waals surface area (Å²) in [5.41, 5.74) is 6.11. The average molecular weight is 305 g/mol. The predicted molar refractivity (Wildman–Crippen MR) is 66.1 cm³/mol. The van der Waals surface area contributed by atoms with Crippen molar-refractivity contribution in [3.63, 3.8) is 0 Å². The summed E-state index contributed by atoms with van der Waals surface area (Å²) in [6, 6.07) is 3.26. The molecule has 1 aromatic carbocycles. The van der Waals surface area contributed by atoms with Crippen molar-refractivity contribution in [3.8, 4) is 0 Å². The summed E-state index contributed by atoms with van der Waals surface area (Å²) in [5.74, 6) is -1.42. The van der Waals surface area contributed by atoms with Gasteiger partial charge in [0.25, 0.3) is 0 Å². The molecule has 0 aliphatic carbocycles. The van der Waals surface area contributed by atoms with Gasteiger partial charge in [-0.05, 0) is 25.2 Å². The maximum absolute atomic E-state index is 13.6. The number of hydrogen-bond acceptors (Lipinski definition) is 3. The molecule has 0 saturated heterocycles. The second kappa shape index (κ2) is 6.09. The van der Waals surface area contributed by atoms with E-state index in [1.165, 1.54) is 6.07 Å². The maximum atomic E-state index is 13.6. The lowest BCUT2D eigenvalue weighted by Gasteiger charge is -2.23. The van der Waals surface area contributed by atoms with Gasteiger partial charge < -0.3 is 16.2 Å². The van der Waals surface area contributed by atoms with Crippen LogP contribution in [0.15, 0.2) is 22.7 Å². The molecule has 0 aliphatic rings. The molecule has 0 spiro atoms. The molecule has 1 rings (SSSR count). The molecule has 0 aromatic heterocycles. The Morgan fingerprint density at radius 2 is 2.29 bits per heavy atom. The van der Waals surface area contributed by atoms with Crippen LogP contribution in [0.1, 0.15) is 18.0 Å². The molecule has 94 valence electrons. The van der Waals surface area contributed by atoms with E-state index in [-0.39, 0.29) is 6.42 Å². The molecule has 4 N–H and O–H groups in total. The highest BCUT2D eigenvalue weighted by Crippen LogP contribution is 2.24. The number of nitrogens with one attached hydrogen (secondary N) is 1. The minimum atomic E-state index is -1.01. The van der Waals surface area contributed by atoms with Crippen LogP contribution in [0.3, 0.4) is 0 Å². The molecule has 0 bridgehead atoms. The first-order chi connectivity index (χ1) is 7.95. The Kier molecular flexibility index (Phi) is 5.04. The van der Waals surface area contributed by atoms with Crippen molar-refractivity contribution in [1.29, 1.82) is 0 Å². The lowest BCUT2D eigenvalue weighted by molar-refractivity contribution is -0.137. The smallest absolute Gasteiger partial charge is 0.304 e. The zero-order chi connectivity index (χ0) is 13.0. The van der Waals surface area contributed by atoms with Crippen LogP contribution in [0, 0.1) is 5.82 Å². The first-order valence-electron chi connectivity index (χ1n) is 5.05. The number of benzene rings is 1. The van der Waals surface area contributed by atoms with Crippen LogP contribution in [0.25, 0.3) is 0 Å². The van der Waals surface area contributed by atoms with Gasteiger partial charge in [0.05, 0.1) is 12.5 Å². The summed E-state index contributed by atoms with van der Waals surface area (Å²) in [4.78, 5) is 10.6. The van der Waals surface area contributed by atoms with Crippen LogP contribution in [0.4, 0.5) is 4.39 Å². The zero-order valence-electron chi connectivity index (χ0n) is 9.28. The van der Waals surface area contributed by atoms with Crippen molar-refractivity contribution in [1.82, 2.24) is 5.32 Å². The number of carboxylic acid groups (broad SMARTS) is 1. The molecular weight excluding hydrogens is 291 g/mol. The van der Waals surface area contributed by atoms with Gasteiger partial charge in [0, 0.05) is 16.1 Å². The van der Waals surface area contributed by atoms with E-state index in [1.807, 2.05) is 0 Å². The van der Waals surface area contributed by atoms with Gasteiger partial charge in [-0.25, -0.2) is 4.39 Å². The van der Waals surface area contributed by atoms with E-state index in [2.05, 4.69) is 21.2 Å². The second-order valence-electron chi connectivity index (χ2n) is 3.69. The lowest BCUT2D eigenvalue weighted by Crippen LogP contribution is -2.38. The Bertz CT molecular complexity index is 414. The molecule has 0 heterocycles. The topological polar surface area (TPSA) is 75.3 Å². The average Bonchev–Trinajstić information content (AvgIpc) is 2.23. The minimum Gasteiger partial charge on any atom is -0.481 e. The van der Waals surface area contributed by atoms with Crippen molar-refractivity contribution in [3.05, 3.63) is 34.1 Å². The molecule has 2 atom stereocenters. The van der Waals surface area contributed by atoms with Gasteiger partial charge in [-0.2, -0.15) is 0 Å². The van der Waals surface area contributed by atoms with Crippen molar-refractivity contribution in [2.45, 2.75) is 18.5 Å². The van der Waals surface area contributed by atoms with E-state index in [1.54, 1.807) is 19.2 Å². The molecule has 0 radical (unpaired) electrons. The Labute approximate surface area is 107 Å². The molecule has 0 saturated carbocycles. The van der Waals surface area contributed by atoms with E-state index in [0.717, 1.165) is 4.47 Å². The number of likely N-dealkylation sites (N-methyl/N-ethyl adjacent to an activating group) is 1. The number of aliphatic carboxylic acids is 1. The number of hydrogen-bond donors (Lipinski definition) is 3. The summed E-state index contributed by atoms with van der Waals surface area (Å²) in [6.07, 6.45) is -0.225. The Morgan fingerprint density at radius 3 is 2.82 bits per heavy atom. The van der Waals surface area contributed by atoms with E-state index >= 15 is 0 Å². The largest absolute Gasteiger partial charge is 0.481 e. The Morgan fingerprint density at radius 1 is 1.65 bits per heavy atom. The third-order valence-electron chi connectivity index (χ3n) is 2.44. The molecule has 0 aliphatic heterocycles. The highest BCUT2D eigenvalue weighted by atomic mass is 79.9. The normalized spacial score (nSPS) is 14.4. The third kappa shape index (κ3) is 3.76. The van der Waals surface area contributed by atoms with Crippen LogP contribution in [-0.4, -0.2) is 24.2 Å². The van der Waals surface area contributed by atoms with Gasteiger partial charge in [0.1, 0.15) is 5.82 Å². The fraction of sp³-hybridized carbons (Fsp3) is 0.364. The van der Waals surface area contributed by atoms with Gasteiger partial charge in [-0.3, -0.25) is 4.79 Å². The third-order valence-corrected chi connectivity index (χ3v) is 2.94. The number of halogens is 2. The number of carbonyl (C=O) groups is 1. The maximum Gasteiger partial charge on any atom is 0.304 e. The number of carboxylic acids is 1. The molecule has 2 unspecified atom stereocenters. The monoisotopic (exact) mass is 304 g/mol. The molecule has 17 heavy (non-hydrogen) atoms. The molecular formula is C11H14BrFN2O2.